The van der Waals surface area contributed by atoms with Crippen LogP contribution in [-0.2, 0) is 25.5 Å². The van der Waals surface area contributed by atoms with E-state index in [1.165, 1.54) is 48.5 Å². The van der Waals surface area contributed by atoms with Crippen molar-refractivity contribution in [1.29, 1.82) is 0 Å². The zero-order chi connectivity index (χ0) is 26.4. The lowest BCUT2D eigenvalue weighted by atomic mass is 9.99. The van der Waals surface area contributed by atoms with Gasteiger partial charge in [-0.2, -0.15) is 0 Å². The van der Waals surface area contributed by atoms with Gasteiger partial charge in [0.05, 0.1) is 6.61 Å². The van der Waals surface area contributed by atoms with Crippen molar-refractivity contribution in [2.45, 2.75) is 43.2 Å². The molecule has 0 aliphatic carbocycles. The molecular weight excluding hydrogens is 480 g/mol. The number of phenolic OH excluding ortho intramolecular Hbond substituents is 2. The van der Waals surface area contributed by atoms with E-state index in [2.05, 4.69) is 0 Å². The van der Waals surface area contributed by atoms with Gasteiger partial charge in [-0.05, 0) is 41.5 Å². The predicted octanol–water partition coefficient (Wildman–Crippen LogP) is -0.471. The van der Waals surface area contributed by atoms with Crippen molar-refractivity contribution in [2.24, 2.45) is 0 Å². The highest BCUT2D eigenvalue weighted by Crippen LogP contribution is 2.31. The molecule has 1 aliphatic rings. The lowest BCUT2D eigenvalue weighted by Crippen LogP contribution is -2.60. The van der Waals surface area contributed by atoms with Gasteiger partial charge in [0.2, 0.25) is 12.4 Å². The molecule has 0 amide bonds. The lowest BCUT2D eigenvalue weighted by Gasteiger charge is -2.39. The highest BCUT2D eigenvalue weighted by molar-refractivity contribution is 5.89. The second-order valence-electron chi connectivity index (χ2n) is 8.01. The van der Waals surface area contributed by atoms with Crippen LogP contribution in [0.1, 0.15) is 11.1 Å². The molecule has 6 unspecified atom stereocenters. The standard InChI is InChI=1S/C24H26O12/c25-11-18-20(29)21(30)22(31)24(36-18)35-16-7-3-12(9-15(16)27)4-8-19(28)34-17(23(32)33)10-13-1-5-14(26)6-2-13/h1-9,17-18,20-22,24-27,29-31H,10-11H2,(H,32,33). The number of carboxylic acid groups (broad SMARTS) is 1. The first-order chi connectivity index (χ1) is 17.1. The lowest BCUT2D eigenvalue weighted by molar-refractivity contribution is -0.277. The maximum atomic E-state index is 12.1. The van der Waals surface area contributed by atoms with Gasteiger partial charge in [-0.15, -0.1) is 0 Å². The van der Waals surface area contributed by atoms with Gasteiger partial charge >= 0.3 is 11.9 Å². The molecule has 1 fully saturated rings. The van der Waals surface area contributed by atoms with Crippen LogP contribution in [0.5, 0.6) is 17.2 Å². The van der Waals surface area contributed by atoms with Crippen LogP contribution in [0.4, 0.5) is 0 Å². The number of hydrogen-bond acceptors (Lipinski definition) is 11. The fourth-order valence-electron chi connectivity index (χ4n) is 3.40. The number of ether oxygens (including phenoxy) is 3. The number of aromatic hydroxyl groups is 2. The van der Waals surface area contributed by atoms with Crippen LogP contribution in [0.15, 0.2) is 48.5 Å². The van der Waals surface area contributed by atoms with Gasteiger partial charge in [0.1, 0.15) is 30.2 Å². The van der Waals surface area contributed by atoms with E-state index in [9.17, 15) is 45.3 Å². The van der Waals surface area contributed by atoms with Gasteiger partial charge in [-0.1, -0.05) is 18.2 Å². The Morgan fingerprint density at radius 2 is 1.69 bits per heavy atom. The molecule has 0 radical (unpaired) electrons. The summed E-state index contributed by atoms with van der Waals surface area (Å²) in [7, 11) is 0. The van der Waals surface area contributed by atoms with Crippen molar-refractivity contribution < 1.29 is 59.5 Å². The van der Waals surface area contributed by atoms with Crippen molar-refractivity contribution in [3.63, 3.8) is 0 Å². The SMILES string of the molecule is O=C(C=Cc1ccc(OC2OC(CO)C(O)C(O)C2O)c(O)c1)OC(Cc1ccc(O)cc1)C(=O)O. The molecular formula is C24H26O12. The number of phenols is 2. The van der Waals surface area contributed by atoms with Crippen LogP contribution in [0.3, 0.4) is 0 Å². The van der Waals surface area contributed by atoms with Gasteiger partial charge in [0.25, 0.3) is 0 Å². The molecule has 12 nitrogen and oxygen atoms in total. The van der Waals surface area contributed by atoms with Crippen molar-refractivity contribution in [3.05, 3.63) is 59.7 Å². The van der Waals surface area contributed by atoms with Crippen LogP contribution >= 0.6 is 0 Å². The fourth-order valence-corrected chi connectivity index (χ4v) is 3.40. The summed E-state index contributed by atoms with van der Waals surface area (Å²) < 4.78 is 15.6. The van der Waals surface area contributed by atoms with E-state index in [-0.39, 0.29) is 17.9 Å². The Hall–Kier alpha value is -3.68. The molecule has 0 saturated carbocycles. The minimum atomic E-state index is -1.67. The van der Waals surface area contributed by atoms with Crippen LogP contribution in [0.25, 0.3) is 6.08 Å². The largest absolute Gasteiger partial charge is 0.508 e. The molecule has 12 heteroatoms. The van der Waals surface area contributed by atoms with E-state index in [1.807, 2.05) is 0 Å². The number of aliphatic hydroxyl groups excluding tert-OH is 4. The Bertz CT molecular complexity index is 1080. The zero-order valence-electron chi connectivity index (χ0n) is 18.7. The summed E-state index contributed by atoms with van der Waals surface area (Å²) in [6, 6.07) is 9.69. The smallest absolute Gasteiger partial charge is 0.345 e. The summed E-state index contributed by atoms with van der Waals surface area (Å²) in [5, 5.41) is 67.8. The molecule has 0 bridgehead atoms. The first kappa shape index (κ1) is 26.9. The minimum absolute atomic E-state index is 0.0124. The van der Waals surface area contributed by atoms with E-state index < -0.39 is 61.1 Å². The van der Waals surface area contributed by atoms with E-state index in [0.29, 0.717) is 11.1 Å². The maximum Gasteiger partial charge on any atom is 0.345 e. The Morgan fingerprint density at radius 1 is 1.00 bits per heavy atom. The van der Waals surface area contributed by atoms with Gasteiger partial charge < -0.3 is 50.0 Å². The molecule has 2 aromatic carbocycles. The summed E-state index contributed by atoms with van der Waals surface area (Å²) in [5.74, 6) is -2.85. The molecule has 2 aromatic rings. The van der Waals surface area contributed by atoms with E-state index in [1.54, 1.807) is 0 Å². The summed E-state index contributed by atoms with van der Waals surface area (Å²) in [5.41, 5.74) is 0.855. The molecule has 1 saturated heterocycles. The highest BCUT2D eigenvalue weighted by atomic mass is 16.7. The molecule has 6 atom stereocenters. The van der Waals surface area contributed by atoms with E-state index in [4.69, 9.17) is 14.2 Å². The van der Waals surface area contributed by atoms with Crippen molar-refractivity contribution >= 4 is 18.0 Å². The third-order valence-electron chi connectivity index (χ3n) is 5.38. The number of aliphatic hydroxyl groups is 4. The second-order valence-corrected chi connectivity index (χ2v) is 8.01. The maximum absolute atomic E-state index is 12.1. The molecule has 194 valence electrons. The molecule has 0 spiro atoms. The van der Waals surface area contributed by atoms with Gasteiger partial charge in [-0.3, -0.25) is 0 Å². The van der Waals surface area contributed by atoms with Gasteiger partial charge in [0.15, 0.2) is 11.5 Å². The monoisotopic (exact) mass is 506 g/mol. The van der Waals surface area contributed by atoms with E-state index in [0.717, 1.165) is 6.08 Å². The number of benzene rings is 2. The van der Waals surface area contributed by atoms with E-state index >= 15 is 0 Å². The predicted molar refractivity (Wildman–Crippen MR) is 121 cm³/mol. The molecule has 36 heavy (non-hydrogen) atoms. The number of aliphatic carboxylic acids is 1. The fraction of sp³-hybridized carbons (Fsp3) is 0.333. The summed E-state index contributed by atoms with van der Waals surface area (Å²) >= 11 is 0. The van der Waals surface area contributed by atoms with Crippen LogP contribution in [-0.4, -0.2) is 91.1 Å². The van der Waals surface area contributed by atoms with Crippen molar-refractivity contribution in [2.75, 3.05) is 6.61 Å². The second kappa shape index (κ2) is 11.8. The molecule has 1 heterocycles. The average Bonchev–Trinajstić information content (AvgIpc) is 2.85. The molecule has 3 rings (SSSR count). The van der Waals surface area contributed by atoms with Crippen LogP contribution in [0, 0.1) is 0 Å². The number of carboxylic acids is 1. The first-order valence-corrected chi connectivity index (χ1v) is 10.8. The number of carbonyl (C=O) groups is 2. The third kappa shape index (κ3) is 6.71. The Balaban J connectivity index is 1.62. The average molecular weight is 506 g/mol. The summed E-state index contributed by atoms with van der Waals surface area (Å²) in [6.07, 6.45) is -6.90. The first-order valence-electron chi connectivity index (χ1n) is 10.8. The number of rotatable bonds is 9. The third-order valence-corrected chi connectivity index (χ3v) is 5.38. The summed E-state index contributed by atoms with van der Waals surface area (Å²) in [4.78, 5) is 23.6. The molecule has 0 aromatic heterocycles. The van der Waals surface area contributed by atoms with Crippen molar-refractivity contribution in [1.82, 2.24) is 0 Å². The zero-order valence-corrected chi connectivity index (χ0v) is 18.7. The molecule has 7 N–H and O–H groups in total. The quantitative estimate of drug-likeness (QED) is 0.170. The van der Waals surface area contributed by atoms with Crippen molar-refractivity contribution in [3.8, 4) is 17.2 Å². The minimum Gasteiger partial charge on any atom is -0.508 e. The Kier molecular flexibility index (Phi) is 8.85. The van der Waals surface area contributed by atoms with Gasteiger partial charge in [0, 0.05) is 12.5 Å². The Morgan fingerprint density at radius 3 is 2.31 bits per heavy atom. The summed E-state index contributed by atoms with van der Waals surface area (Å²) in [6.45, 7) is -0.645. The normalized spacial score (nSPS) is 24.8. The Labute approximate surface area is 204 Å². The topological polar surface area (TPSA) is 203 Å². The highest BCUT2D eigenvalue weighted by Gasteiger charge is 2.44. The van der Waals surface area contributed by atoms with Crippen LogP contribution < -0.4 is 4.74 Å². The van der Waals surface area contributed by atoms with Crippen LogP contribution in [0.2, 0.25) is 0 Å². The van der Waals surface area contributed by atoms with Gasteiger partial charge in [-0.25, -0.2) is 9.59 Å². The molecule has 1 aliphatic heterocycles. The number of esters is 1. The number of carbonyl (C=O) groups excluding carboxylic acids is 1. The number of hydrogen-bond donors (Lipinski definition) is 7.